The van der Waals surface area contributed by atoms with Gasteiger partial charge in [0.05, 0.1) is 17.5 Å². The molecule has 0 spiro atoms. The second-order valence-corrected chi connectivity index (χ2v) is 12.2. The number of hydrogen-bond acceptors (Lipinski definition) is 10. The largest absolute Gasteiger partial charge is 0.507 e. The van der Waals surface area contributed by atoms with Crippen LogP contribution in [0.3, 0.4) is 0 Å². The van der Waals surface area contributed by atoms with E-state index in [0.29, 0.717) is 25.2 Å². The SMILES string of the molecule is CCN(CC)c1c(CN2CCCC2)cc(O)c2c1C[C@H]1C[C@H]3[C@H](N(C)C)C(=O)C(C(N)=O)C(=O)[C@@]3(O)C(=O)C1C2=O. The van der Waals surface area contributed by atoms with Crippen molar-refractivity contribution in [3.63, 3.8) is 0 Å². The Bertz CT molecular complexity index is 1320. The van der Waals surface area contributed by atoms with Crippen LogP contribution in [0.15, 0.2) is 6.07 Å². The molecule has 0 radical (unpaired) electrons. The number of ketones is 4. The molecule has 5 rings (SSSR count). The molecule has 1 amide bonds. The normalized spacial score (nSPS) is 31.7. The zero-order chi connectivity index (χ0) is 30.0. The Hall–Kier alpha value is -3.15. The molecule has 0 aromatic heterocycles. The average molecular weight is 569 g/mol. The lowest BCUT2D eigenvalue weighted by Crippen LogP contribution is -2.74. The zero-order valence-corrected chi connectivity index (χ0v) is 24.2. The molecule has 2 saturated carbocycles. The summed E-state index contributed by atoms with van der Waals surface area (Å²) < 4.78 is 0. The molecule has 1 aliphatic heterocycles. The smallest absolute Gasteiger partial charge is 0.235 e. The van der Waals surface area contributed by atoms with Crippen LogP contribution in [0.1, 0.15) is 54.6 Å². The third kappa shape index (κ3) is 4.31. The summed E-state index contributed by atoms with van der Waals surface area (Å²) >= 11 is 0. The van der Waals surface area contributed by atoms with Gasteiger partial charge >= 0.3 is 0 Å². The summed E-state index contributed by atoms with van der Waals surface area (Å²) in [6, 6.07) is 0.498. The number of nitrogens with two attached hydrogens (primary N) is 1. The molecular weight excluding hydrogens is 528 g/mol. The maximum Gasteiger partial charge on any atom is 0.235 e. The number of amides is 1. The van der Waals surface area contributed by atoms with Gasteiger partial charge in [-0.25, -0.2) is 0 Å². The Morgan fingerprint density at radius 2 is 1.73 bits per heavy atom. The molecule has 1 aromatic carbocycles. The third-order valence-corrected chi connectivity index (χ3v) is 9.79. The Labute approximate surface area is 239 Å². The molecule has 3 fully saturated rings. The number of fused-ring (bicyclic) bond motifs is 3. The van der Waals surface area contributed by atoms with Crippen molar-refractivity contribution in [3.05, 3.63) is 22.8 Å². The zero-order valence-electron chi connectivity index (χ0n) is 24.2. The second-order valence-electron chi connectivity index (χ2n) is 12.2. The van der Waals surface area contributed by atoms with E-state index in [1.54, 1.807) is 20.2 Å². The fourth-order valence-corrected chi connectivity index (χ4v) is 7.96. The van der Waals surface area contributed by atoms with Gasteiger partial charge in [0.15, 0.2) is 34.7 Å². The number of phenols is 1. The van der Waals surface area contributed by atoms with E-state index in [4.69, 9.17) is 5.73 Å². The molecule has 2 unspecified atom stereocenters. The van der Waals surface area contributed by atoms with E-state index in [0.717, 1.165) is 37.2 Å². The van der Waals surface area contributed by atoms with Gasteiger partial charge in [0.1, 0.15) is 5.75 Å². The minimum atomic E-state index is -2.72. The van der Waals surface area contributed by atoms with Crippen molar-refractivity contribution in [1.82, 2.24) is 9.80 Å². The van der Waals surface area contributed by atoms with Crippen LogP contribution in [0.5, 0.6) is 5.75 Å². The van der Waals surface area contributed by atoms with Crippen molar-refractivity contribution in [2.45, 2.75) is 57.7 Å². The molecular formula is C30H40N4O7. The molecule has 41 heavy (non-hydrogen) atoms. The van der Waals surface area contributed by atoms with Gasteiger partial charge < -0.3 is 20.8 Å². The lowest BCUT2D eigenvalue weighted by molar-refractivity contribution is -0.181. The van der Waals surface area contributed by atoms with Gasteiger partial charge in [-0.05, 0) is 89.8 Å². The van der Waals surface area contributed by atoms with Crippen LogP contribution in [0.4, 0.5) is 5.69 Å². The number of hydrogen-bond donors (Lipinski definition) is 3. The van der Waals surface area contributed by atoms with Crippen molar-refractivity contribution < 1.29 is 34.2 Å². The summed E-state index contributed by atoms with van der Waals surface area (Å²) in [6.45, 7) is 7.92. The standard InChI is InChI=1S/C30H40N4O7/c1-5-34(6-2)23-16(14-33-9-7-8-10-33)13-19(35)21-17(23)11-15-12-18-24(32(3)4)26(37)22(29(31)40)28(39)30(18,41)27(38)20(15)25(21)36/h13,15,18,20,22,24,35,41H,5-12,14H2,1-4H3,(H2,31,40)/t15-,18-,20?,22?,24-,30-/m0/s1. The first-order valence-corrected chi connectivity index (χ1v) is 14.6. The van der Waals surface area contributed by atoms with Gasteiger partial charge in [0, 0.05) is 31.2 Å². The van der Waals surface area contributed by atoms with E-state index >= 15 is 0 Å². The van der Waals surface area contributed by atoms with Crippen LogP contribution >= 0.6 is 0 Å². The highest BCUT2D eigenvalue weighted by Crippen LogP contribution is 2.52. The number of likely N-dealkylation sites (tertiary alicyclic amines) is 1. The van der Waals surface area contributed by atoms with Crippen LogP contribution in [0, 0.1) is 23.7 Å². The Kier molecular flexibility index (Phi) is 7.59. The van der Waals surface area contributed by atoms with E-state index in [2.05, 4.69) is 9.80 Å². The molecule has 1 aromatic rings. The fourth-order valence-electron chi connectivity index (χ4n) is 7.96. The van der Waals surface area contributed by atoms with Crippen molar-refractivity contribution in [2.24, 2.45) is 29.4 Å². The van der Waals surface area contributed by atoms with E-state index in [1.807, 2.05) is 13.8 Å². The Balaban J connectivity index is 1.65. The van der Waals surface area contributed by atoms with Gasteiger partial charge in [0.2, 0.25) is 5.91 Å². The highest BCUT2D eigenvalue weighted by atomic mass is 16.3. The lowest BCUT2D eigenvalue weighted by Gasteiger charge is -2.52. The predicted molar refractivity (Wildman–Crippen MR) is 149 cm³/mol. The van der Waals surface area contributed by atoms with E-state index in [1.165, 1.54) is 4.90 Å². The van der Waals surface area contributed by atoms with Gasteiger partial charge in [0.25, 0.3) is 0 Å². The number of anilines is 1. The summed E-state index contributed by atoms with van der Waals surface area (Å²) in [5.41, 5.74) is 5.17. The monoisotopic (exact) mass is 568 g/mol. The number of Topliss-reactive ketones (excluding diaryl/α,β-unsaturated/α-hetero) is 4. The number of nitrogens with zero attached hydrogens (tertiary/aromatic N) is 3. The highest BCUT2D eigenvalue weighted by Gasteiger charge is 2.69. The molecule has 11 heteroatoms. The molecule has 3 aliphatic carbocycles. The molecule has 1 saturated heterocycles. The molecule has 0 bridgehead atoms. The molecule has 11 nitrogen and oxygen atoms in total. The van der Waals surface area contributed by atoms with Crippen LogP contribution in [-0.4, -0.2) is 101 Å². The summed E-state index contributed by atoms with van der Waals surface area (Å²) in [5, 5.41) is 23.0. The number of phenolic OH excluding ortho intramolecular Hbond substituents is 1. The van der Waals surface area contributed by atoms with Crippen molar-refractivity contribution in [1.29, 1.82) is 0 Å². The average Bonchev–Trinajstić information content (AvgIpc) is 3.41. The first-order chi connectivity index (χ1) is 19.4. The van der Waals surface area contributed by atoms with Crippen molar-refractivity contribution >= 4 is 34.7 Å². The molecule has 4 aliphatic rings. The summed E-state index contributed by atoms with van der Waals surface area (Å²) in [4.78, 5) is 73.1. The number of carbonyl (C=O) groups excluding carboxylic acids is 5. The maximum absolute atomic E-state index is 14.1. The minimum Gasteiger partial charge on any atom is -0.507 e. The number of rotatable bonds is 7. The number of aliphatic hydroxyl groups is 1. The fraction of sp³-hybridized carbons (Fsp3) is 0.633. The van der Waals surface area contributed by atoms with Gasteiger partial charge in [-0.3, -0.25) is 33.8 Å². The van der Waals surface area contributed by atoms with Crippen LogP contribution in [-0.2, 0) is 32.1 Å². The van der Waals surface area contributed by atoms with Crippen LogP contribution in [0.2, 0.25) is 0 Å². The molecule has 222 valence electrons. The molecule has 6 atom stereocenters. The third-order valence-electron chi connectivity index (χ3n) is 9.79. The van der Waals surface area contributed by atoms with E-state index in [-0.39, 0.29) is 24.2 Å². The number of likely N-dealkylation sites (N-methyl/N-ethyl adjacent to an activating group) is 1. The quantitative estimate of drug-likeness (QED) is 0.390. The van der Waals surface area contributed by atoms with Gasteiger partial charge in [-0.2, -0.15) is 0 Å². The number of aromatic hydroxyl groups is 1. The number of carbonyl (C=O) groups is 5. The highest BCUT2D eigenvalue weighted by molar-refractivity contribution is 6.32. The summed E-state index contributed by atoms with van der Waals surface area (Å²) in [6.07, 6.45) is 2.51. The second kappa shape index (κ2) is 10.6. The first-order valence-electron chi connectivity index (χ1n) is 14.6. The number of primary amides is 1. The Morgan fingerprint density at radius 1 is 1.10 bits per heavy atom. The summed E-state index contributed by atoms with van der Waals surface area (Å²) in [7, 11) is 3.16. The van der Waals surface area contributed by atoms with E-state index in [9.17, 15) is 34.2 Å². The first kappa shape index (κ1) is 29.3. The van der Waals surface area contributed by atoms with Crippen LogP contribution in [0.25, 0.3) is 0 Å². The van der Waals surface area contributed by atoms with Crippen molar-refractivity contribution in [3.8, 4) is 5.75 Å². The summed E-state index contributed by atoms with van der Waals surface area (Å²) in [5.74, 6) is -10.2. The molecule has 1 heterocycles. The molecule has 4 N–H and O–H groups in total. The topological polar surface area (TPSA) is 162 Å². The van der Waals surface area contributed by atoms with E-state index < -0.39 is 64.4 Å². The number of benzene rings is 1. The van der Waals surface area contributed by atoms with Crippen molar-refractivity contribution in [2.75, 3.05) is 45.2 Å². The van der Waals surface area contributed by atoms with Crippen LogP contribution < -0.4 is 10.6 Å². The maximum atomic E-state index is 14.1. The minimum absolute atomic E-state index is 0.0404. The predicted octanol–water partition coefficient (Wildman–Crippen LogP) is 0.309. The Morgan fingerprint density at radius 3 is 2.29 bits per heavy atom. The van der Waals surface area contributed by atoms with Gasteiger partial charge in [-0.1, -0.05) is 0 Å². The van der Waals surface area contributed by atoms with Gasteiger partial charge in [-0.15, -0.1) is 0 Å². The lowest BCUT2D eigenvalue weighted by atomic mass is 9.52.